The van der Waals surface area contributed by atoms with Gasteiger partial charge in [-0.25, -0.2) is 9.18 Å². The number of methoxy groups -OCH3 is 1. The van der Waals surface area contributed by atoms with Gasteiger partial charge in [0.25, 0.3) is 0 Å². The third-order valence-corrected chi connectivity index (χ3v) is 5.74. The highest BCUT2D eigenvalue weighted by Gasteiger charge is 2.22. The number of nitrogens with zero attached hydrogens (tertiary/aromatic N) is 2. The number of carboxylic acids is 1. The number of aromatic carboxylic acids is 1. The first-order valence-corrected chi connectivity index (χ1v) is 9.83. The molecule has 0 fully saturated rings. The molecular formula is C25H19FN2O3. The summed E-state index contributed by atoms with van der Waals surface area (Å²) in [5.74, 6) is -0.858. The normalized spacial score (nSPS) is 12.4. The van der Waals surface area contributed by atoms with Crippen molar-refractivity contribution in [1.82, 2.24) is 4.57 Å². The van der Waals surface area contributed by atoms with Gasteiger partial charge in [-0.15, -0.1) is 0 Å². The molecule has 0 aliphatic carbocycles. The van der Waals surface area contributed by atoms with Gasteiger partial charge < -0.3 is 14.4 Å². The van der Waals surface area contributed by atoms with E-state index in [-0.39, 0.29) is 11.4 Å². The van der Waals surface area contributed by atoms with Crippen molar-refractivity contribution in [3.8, 4) is 22.6 Å². The van der Waals surface area contributed by atoms with Gasteiger partial charge in [-0.2, -0.15) is 0 Å². The zero-order valence-electron chi connectivity index (χ0n) is 17.0. The zero-order chi connectivity index (χ0) is 21.7. The van der Waals surface area contributed by atoms with Gasteiger partial charge in [0.2, 0.25) is 0 Å². The summed E-state index contributed by atoms with van der Waals surface area (Å²) < 4.78 is 21.6. The average Bonchev–Trinajstić information content (AvgIpc) is 3.32. The number of aliphatic imine (C=N–C) groups is 1. The molecule has 0 spiro atoms. The van der Waals surface area contributed by atoms with Crippen LogP contribution in [0.25, 0.3) is 27.7 Å². The summed E-state index contributed by atoms with van der Waals surface area (Å²) in [7, 11) is 1.52. The Balaban J connectivity index is 1.86. The fourth-order valence-corrected chi connectivity index (χ4v) is 4.34. The first kappa shape index (κ1) is 19.1. The Morgan fingerprint density at radius 3 is 2.74 bits per heavy atom. The SMILES string of the molecule is COc1cc(C(=O)O)ccc1-c1c(C)n(-c2cccc(F)c2)c2cc3c(cc12)CN=C3. The highest BCUT2D eigenvalue weighted by molar-refractivity contribution is 6.04. The maximum atomic E-state index is 14.1. The highest BCUT2D eigenvalue weighted by Crippen LogP contribution is 2.42. The predicted molar refractivity (Wildman–Crippen MR) is 118 cm³/mol. The van der Waals surface area contributed by atoms with Crippen LogP contribution in [-0.2, 0) is 6.54 Å². The summed E-state index contributed by atoms with van der Waals surface area (Å²) in [6, 6.07) is 15.5. The van der Waals surface area contributed by atoms with E-state index >= 15 is 0 Å². The molecule has 31 heavy (non-hydrogen) atoms. The summed E-state index contributed by atoms with van der Waals surface area (Å²) >= 11 is 0. The molecule has 1 aromatic heterocycles. The summed E-state index contributed by atoms with van der Waals surface area (Å²) in [6.07, 6.45) is 1.86. The topological polar surface area (TPSA) is 63.8 Å². The minimum Gasteiger partial charge on any atom is -0.496 e. The minimum absolute atomic E-state index is 0.154. The molecule has 5 nitrogen and oxygen atoms in total. The van der Waals surface area contributed by atoms with Crippen LogP contribution in [0.1, 0.15) is 27.2 Å². The Hall–Kier alpha value is -3.93. The lowest BCUT2D eigenvalue weighted by Gasteiger charge is -2.12. The van der Waals surface area contributed by atoms with Crippen molar-refractivity contribution in [3.05, 3.63) is 82.8 Å². The Kier molecular flexibility index (Phi) is 4.36. The summed E-state index contributed by atoms with van der Waals surface area (Å²) in [5.41, 5.74) is 6.56. The van der Waals surface area contributed by atoms with Gasteiger partial charge in [-0.1, -0.05) is 6.07 Å². The van der Waals surface area contributed by atoms with Crippen molar-refractivity contribution >= 4 is 23.1 Å². The second kappa shape index (κ2) is 7.09. The van der Waals surface area contributed by atoms with Crippen LogP contribution in [0.2, 0.25) is 0 Å². The third-order valence-electron chi connectivity index (χ3n) is 5.74. The van der Waals surface area contributed by atoms with E-state index in [2.05, 4.69) is 17.1 Å². The molecule has 6 heteroatoms. The first-order valence-electron chi connectivity index (χ1n) is 9.83. The molecule has 1 aliphatic heterocycles. The molecule has 0 saturated heterocycles. The van der Waals surface area contributed by atoms with Gasteiger partial charge in [-0.05, 0) is 66.6 Å². The number of rotatable bonds is 4. The van der Waals surface area contributed by atoms with Crippen molar-refractivity contribution < 1.29 is 19.0 Å². The number of benzene rings is 3. The van der Waals surface area contributed by atoms with Crippen molar-refractivity contribution in [1.29, 1.82) is 0 Å². The number of hydrogen-bond acceptors (Lipinski definition) is 3. The Bertz CT molecular complexity index is 1400. The molecule has 3 aromatic carbocycles. The largest absolute Gasteiger partial charge is 0.496 e. The van der Waals surface area contributed by atoms with Crippen molar-refractivity contribution in [2.75, 3.05) is 7.11 Å². The van der Waals surface area contributed by atoms with Crippen LogP contribution in [0, 0.1) is 12.7 Å². The number of fused-ring (bicyclic) bond motifs is 2. The van der Waals surface area contributed by atoms with Crippen LogP contribution in [0.15, 0.2) is 59.6 Å². The van der Waals surface area contributed by atoms with Gasteiger partial charge in [0, 0.05) is 34.1 Å². The molecule has 2 heterocycles. The van der Waals surface area contributed by atoms with E-state index in [0.717, 1.165) is 38.9 Å². The number of aromatic nitrogens is 1. The van der Waals surface area contributed by atoms with Crippen LogP contribution in [0.3, 0.4) is 0 Å². The molecule has 0 saturated carbocycles. The standard InChI is InChI=1S/C25H19FN2O3/c1-14-24(20-7-6-15(25(29)30)10-23(20)31-2)21-8-16-12-27-13-17(16)9-22(21)28(14)19-5-3-4-18(26)11-19/h3-11,13H,12H2,1-2H3,(H,29,30). The van der Waals surface area contributed by atoms with Crippen LogP contribution in [0.5, 0.6) is 5.75 Å². The van der Waals surface area contributed by atoms with Crippen LogP contribution < -0.4 is 4.74 Å². The van der Waals surface area contributed by atoms with Gasteiger partial charge in [0.15, 0.2) is 0 Å². The van der Waals surface area contributed by atoms with Crippen LogP contribution in [-0.4, -0.2) is 29.0 Å². The summed E-state index contributed by atoms with van der Waals surface area (Å²) in [6.45, 7) is 2.59. The van der Waals surface area contributed by atoms with E-state index in [1.165, 1.54) is 25.3 Å². The zero-order valence-corrected chi connectivity index (χ0v) is 17.0. The predicted octanol–water partition coefficient (Wildman–Crippen LogP) is 5.38. The highest BCUT2D eigenvalue weighted by atomic mass is 19.1. The van der Waals surface area contributed by atoms with Crippen LogP contribution >= 0.6 is 0 Å². The molecule has 5 rings (SSSR count). The maximum Gasteiger partial charge on any atom is 0.335 e. The number of halogens is 1. The molecule has 0 radical (unpaired) electrons. The molecule has 1 aliphatic rings. The molecule has 0 amide bonds. The van der Waals surface area contributed by atoms with Crippen LogP contribution in [0.4, 0.5) is 4.39 Å². The first-order chi connectivity index (χ1) is 15.0. The summed E-state index contributed by atoms with van der Waals surface area (Å²) in [4.78, 5) is 15.8. The van der Waals surface area contributed by atoms with E-state index in [4.69, 9.17) is 4.74 Å². The number of carbonyl (C=O) groups is 1. The lowest BCUT2D eigenvalue weighted by molar-refractivity contribution is 0.0696. The monoisotopic (exact) mass is 414 g/mol. The lowest BCUT2D eigenvalue weighted by atomic mass is 9.97. The van der Waals surface area contributed by atoms with Gasteiger partial charge in [0.1, 0.15) is 11.6 Å². The van der Waals surface area contributed by atoms with Gasteiger partial charge in [0.05, 0.1) is 24.7 Å². The van der Waals surface area contributed by atoms with Crippen molar-refractivity contribution in [2.45, 2.75) is 13.5 Å². The van der Waals surface area contributed by atoms with Gasteiger partial charge in [-0.3, -0.25) is 4.99 Å². The average molecular weight is 414 g/mol. The molecule has 1 N–H and O–H groups in total. The van der Waals surface area contributed by atoms with Gasteiger partial charge >= 0.3 is 5.97 Å². The smallest absolute Gasteiger partial charge is 0.335 e. The fourth-order valence-electron chi connectivity index (χ4n) is 4.34. The summed E-state index contributed by atoms with van der Waals surface area (Å²) in [5, 5.41) is 10.3. The van der Waals surface area contributed by atoms with Crippen molar-refractivity contribution in [3.63, 3.8) is 0 Å². The Morgan fingerprint density at radius 2 is 2.00 bits per heavy atom. The molecule has 0 unspecified atom stereocenters. The molecule has 4 aromatic rings. The molecule has 0 bridgehead atoms. The van der Waals surface area contributed by atoms with E-state index in [1.807, 2.05) is 23.8 Å². The molecular weight excluding hydrogens is 395 g/mol. The van der Waals surface area contributed by atoms with Crippen molar-refractivity contribution in [2.24, 2.45) is 4.99 Å². The fraction of sp³-hybridized carbons (Fsp3) is 0.120. The Morgan fingerprint density at radius 1 is 1.16 bits per heavy atom. The number of carboxylic acid groups (broad SMARTS) is 1. The maximum absolute atomic E-state index is 14.1. The quantitative estimate of drug-likeness (QED) is 0.487. The second-order valence-electron chi connectivity index (χ2n) is 7.53. The lowest BCUT2D eigenvalue weighted by Crippen LogP contribution is -1.99. The Labute approximate surface area is 178 Å². The molecule has 0 atom stereocenters. The van der Waals surface area contributed by atoms with E-state index in [0.29, 0.717) is 18.0 Å². The van der Waals surface area contributed by atoms with E-state index in [1.54, 1.807) is 18.2 Å². The van der Waals surface area contributed by atoms with E-state index in [9.17, 15) is 14.3 Å². The minimum atomic E-state index is -1.02. The number of hydrogen-bond donors (Lipinski definition) is 1. The number of ether oxygens (including phenoxy) is 1. The second-order valence-corrected chi connectivity index (χ2v) is 7.53. The van der Waals surface area contributed by atoms with E-state index < -0.39 is 5.97 Å². The molecule has 154 valence electrons. The third kappa shape index (κ3) is 2.99.